The molecule has 0 aromatic heterocycles. The summed E-state index contributed by atoms with van der Waals surface area (Å²) < 4.78 is 18.4. The predicted octanol–water partition coefficient (Wildman–Crippen LogP) is 1.92. The van der Waals surface area contributed by atoms with Crippen LogP contribution in [0.4, 0.5) is 14.9 Å². The summed E-state index contributed by atoms with van der Waals surface area (Å²) in [6.45, 7) is 3.40. The van der Waals surface area contributed by atoms with Crippen molar-refractivity contribution in [2.24, 2.45) is 5.92 Å². The number of rotatable bonds is 4. The van der Waals surface area contributed by atoms with Crippen molar-refractivity contribution in [2.45, 2.75) is 32.2 Å². The molecule has 0 saturated carbocycles. The quantitative estimate of drug-likeness (QED) is 0.813. The standard InChI is InChI=1S/C19H24FN3O4/c1-2-27-18(25)13-6-8-22(9-7-13)19(26)21-15-11-17(24)23(12-15)16-5-3-4-14(20)10-16/h3-5,10,13,15H,2,6-9,11-12H2,1H3,(H,21,26)/t15-/m0/s1. The van der Waals surface area contributed by atoms with Crippen LogP contribution >= 0.6 is 0 Å². The number of carbonyl (C=O) groups excluding carboxylic acids is 3. The van der Waals surface area contributed by atoms with Crippen molar-refractivity contribution in [3.63, 3.8) is 0 Å². The highest BCUT2D eigenvalue weighted by Gasteiger charge is 2.34. The Morgan fingerprint density at radius 3 is 2.70 bits per heavy atom. The average molecular weight is 377 g/mol. The minimum Gasteiger partial charge on any atom is -0.466 e. The Labute approximate surface area is 157 Å². The number of nitrogens with zero attached hydrogens (tertiary/aromatic N) is 2. The van der Waals surface area contributed by atoms with Crippen molar-refractivity contribution in [3.8, 4) is 0 Å². The van der Waals surface area contributed by atoms with Gasteiger partial charge in [-0.1, -0.05) is 6.07 Å². The van der Waals surface area contributed by atoms with Crippen LogP contribution < -0.4 is 10.2 Å². The van der Waals surface area contributed by atoms with Gasteiger partial charge in [-0.3, -0.25) is 9.59 Å². The Bertz CT molecular complexity index is 719. The molecule has 2 aliphatic rings. The number of urea groups is 1. The number of ether oxygens (including phenoxy) is 1. The molecular formula is C19H24FN3O4. The fourth-order valence-electron chi connectivity index (χ4n) is 3.54. The van der Waals surface area contributed by atoms with Gasteiger partial charge in [-0.15, -0.1) is 0 Å². The van der Waals surface area contributed by atoms with Crippen molar-refractivity contribution < 1.29 is 23.5 Å². The lowest BCUT2D eigenvalue weighted by Gasteiger charge is -2.31. The zero-order chi connectivity index (χ0) is 19.4. The van der Waals surface area contributed by atoms with Crippen LogP contribution in [0.3, 0.4) is 0 Å². The van der Waals surface area contributed by atoms with Gasteiger partial charge in [0.15, 0.2) is 0 Å². The summed E-state index contributed by atoms with van der Waals surface area (Å²) in [5.41, 5.74) is 0.493. The van der Waals surface area contributed by atoms with Crippen LogP contribution in [0, 0.1) is 11.7 Å². The molecule has 0 unspecified atom stereocenters. The van der Waals surface area contributed by atoms with Gasteiger partial charge in [0.1, 0.15) is 5.82 Å². The van der Waals surface area contributed by atoms with Crippen molar-refractivity contribution in [1.82, 2.24) is 10.2 Å². The molecule has 2 fully saturated rings. The minimum atomic E-state index is -0.405. The highest BCUT2D eigenvalue weighted by Crippen LogP contribution is 2.23. The first-order valence-corrected chi connectivity index (χ1v) is 9.26. The molecule has 146 valence electrons. The molecule has 3 amide bonds. The van der Waals surface area contributed by atoms with Crippen LogP contribution in [0.2, 0.25) is 0 Å². The zero-order valence-electron chi connectivity index (χ0n) is 15.3. The Morgan fingerprint density at radius 1 is 1.30 bits per heavy atom. The molecule has 1 aromatic rings. The second-order valence-electron chi connectivity index (χ2n) is 6.85. The zero-order valence-corrected chi connectivity index (χ0v) is 15.3. The summed E-state index contributed by atoms with van der Waals surface area (Å²) in [6, 6.07) is 5.29. The SMILES string of the molecule is CCOC(=O)C1CCN(C(=O)N[C@H]2CC(=O)N(c3cccc(F)c3)C2)CC1. The van der Waals surface area contributed by atoms with Gasteiger partial charge in [0, 0.05) is 31.7 Å². The van der Waals surface area contributed by atoms with Gasteiger partial charge in [-0.25, -0.2) is 9.18 Å². The number of amides is 3. The molecule has 8 heteroatoms. The molecule has 0 aliphatic carbocycles. The molecular weight excluding hydrogens is 353 g/mol. The Hall–Kier alpha value is -2.64. The fraction of sp³-hybridized carbons (Fsp3) is 0.526. The van der Waals surface area contributed by atoms with E-state index in [0.717, 1.165) is 0 Å². The van der Waals surface area contributed by atoms with Crippen LogP contribution in [-0.4, -0.2) is 55.1 Å². The summed E-state index contributed by atoms with van der Waals surface area (Å²) in [7, 11) is 0. The van der Waals surface area contributed by atoms with Crippen LogP contribution in [-0.2, 0) is 14.3 Å². The van der Waals surface area contributed by atoms with E-state index in [0.29, 0.717) is 44.8 Å². The van der Waals surface area contributed by atoms with Gasteiger partial charge in [-0.2, -0.15) is 0 Å². The van der Waals surface area contributed by atoms with Gasteiger partial charge >= 0.3 is 12.0 Å². The number of hydrogen-bond acceptors (Lipinski definition) is 4. The third-order valence-corrected chi connectivity index (χ3v) is 4.97. The summed E-state index contributed by atoms with van der Waals surface area (Å²) >= 11 is 0. The van der Waals surface area contributed by atoms with Gasteiger partial charge in [0.2, 0.25) is 5.91 Å². The fourth-order valence-corrected chi connectivity index (χ4v) is 3.54. The van der Waals surface area contributed by atoms with E-state index < -0.39 is 5.82 Å². The molecule has 1 aromatic carbocycles. The largest absolute Gasteiger partial charge is 0.466 e. The van der Waals surface area contributed by atoms with Crippen LogP contribution in [0.5, 0.6) is 0 Å². The number of benzene rings is 1. The minimum absolute atomic E-state index is 0.146. The topological polar surface area (TPSA) is 79.0 Å². The molecule has 2 heterocycles. The molecule has 2 saturated heterocycles. The first-order chi connectivity index (χ1) is 13.0. The third kappa shape index (κ3) is 4.56. The van der Waals surface area contributed by atoms with Gasteiger partial charge in [0.05, 0.1) is 18.6 Å². The highest BCUT2D eigenvalue weighted by molar-refractivity contribution is 5.96. The Kier molecular flexibility index (Phi) is 5.93. The van der Waals surface area contributed by atoms with E-state index in [-0.39, 0.29) is 36.3 Å². The Morgan fingerprint density at radius 2 is 2.04 bits per heavy atom. The second-order valence-corrected chi connectivity index (χ2v) is 6.85. The highest BCUT2D eigenvalue weighted by atomic mass is 19.1. The first-order valence-electron chi connectivity index (χ1n) is 9.26. The molecule has 3 rings (SSSR count). The second kappa shape index (κ2) is 8.37. The van der Waals surface area contributed by atoms with E-state index in [4.69, 9.17) is 4.74 Å². The molecule has 0 spiro atoms. The van der Waals surface area contributed by atoms with Crippen LogP contribution in [0.15, 0.2) is 24.3 Å². The number of nitrogens with one attached hydrogen (secondary N) is 1. The van der Waals surface area contributed by atoms with E-state index in [1.54, 1.807) is 24.0 Å². The number of hydrogen-bond donors (Lipinski definition) is 1. The monoisotopic (exact) mass is 377 g/mol. The number of piperidine rings is 1. The summed E-state index contributed by atoms with van der Waals surface area (Å²) in [4.78, 5) is 39.6. The van der Waals surface area contributed by atoms with Gasteiger partial charge in [0.25, 0.3) is 0 Å². The maximum absolute atomic E-state index is 13.4. The molecule has 0 bridgehead atoms. The number of carbonyl (C=O) groups is 3. The van der Waals surface area contributed by atoms with E-state index in [2.05, 4.69) is 5.32 Å². The summed E-state index contributed by atoms with van der Waals surface area (Å²) in [5.74, 6) is -0.917. The van der Waals surface area contributed by atoms with Crippen LogP contribution in [0.1, 0.15) is 26.2 Å². The third-order valence-electron chi connectivity index (χ3n) is 4.97. The molecule has 27 heavy (non-hydrogen) atoms. The smallest absolute Gasteiger partial charge is 0.317 e. The predicted molar refractivity (Wildman–Crippen MR) is 96.6 cm³/mol. The van der Waals surface area contributed by atoms with Gasteiger partial charge in [-0.05, 0) is 38.0 Å². The lowest BCUT2D eigenvalue weighted by atomic mass is 9.97. The van der Waals surface area contributed by atoms with Crippen LogP contribution in [0.25, 0.3) is 0 Å². The van der Waals surface area contributed by atoms with Crippen molar-refractivity contribution in [1.29, 1.82) is 0 Å². The van der Waals surface area contributed by atoms with Crippen molar-refractivity contribution >= 4 is 23.6 Å². The van der Waals surface area contributed by atoms with Gasteiger partial charge < -0.3 is 19.9 Å². The normalized spacial score (nSPS) is 20.7. The lowest BCUT2D eigenvalue weighted by molar-refractivity contribution is -0.149. The Balaban J connectivity index is 1.51. The van der Waals surface area contributed by atoms with E-state index in [1.165, 1.54) is 17.0 Å². The maximum atomic E-state index is 13.4. The molecule has 2 aliphatic heterocycles. The average Bonchev–Trinajstić information content (AvgIpc) is 3.02. The van der Waals surface area contributed by atoms with E-state index >= 15 is 0 Å². The summed E-state index contributed by atoms with van der Waals surface area (Å²) in [6.07, 6.45) is 1.33. The summed E-state index contributed by atoms with van der Waals surface area (Å²) in [5, 5.41) is 2.88. The number of anilines is 1. The number of likely N-dealkylation sites (tertiary alicyclic amines) is 1. The van der Waals surface area contributed by atoms with E-state index in [1.807, 2.05) is 0 Å². The van der Waals surface area contributed by atoms with E-state index in [9.17, 15) is 18.8 Å². The number of esters is 1. The molecule has 1 N–H and O–H groups in total. The number of halogens is 1. The van der Waals surface area contributed by atoms with Crippen molar-refractivity contribution in [2.75, 3.05) is 31.1 Å². The molecule has 1 atom stereocenters. The molecule has 0 radical (unpaired) electrons. The lowest BCUT2D eigenvalue weighted by Crippen LogP contribution is -2.49. The van der Waals surface area contributed by atoms with Crippen molar-refractivity contribution in [3.05, 3.63) is 30.1 Å². The first kappa shape index (κ1) is 19.1. The molecule has 7 nitrogen and oxygen atoms in total. The maximum Gasteiger partial charge on any atom is 0.317 e.